The van der Waals surface area contributed by atoms with E-state index in [2.05, 4.69) is 21.2 Å². The fourth-order valence-electron chi connectivity index (χ4n) is 1.15. The van der Waals surface area contributed by atoms with E-state index in [0.29, 0.717) is 0 Å². The van der Waals surface area contributed by atoms with E-state index in [4.69, 9.17) is 0 Å². The van der Waals surface area contributed by atoms with Gasteiger partial charge in [0.05, 0.1) is 11.1 Å². The topological polar surface area (TPSA) is 29.1 Å². The van der Waals surface area contributed by atoms with Gasteiger partial charge in [-0.15, -0.1) is 0 Å². The quantitative estimate of drug-likeness (QED) is 0.831. The van der Waals surface area contributed by atoms with Gasteiger partial charge in [0.1, 0.15) is 0 Å². The van der Waals surface area contributed by atoms with E-state index in [1.165, 1.54) is 0 Å². The fraction of sp³-hybridized carbons (Fsp3) is 0.444. The average Bonchev–Trinajstić information content (AvgIpc) is 2.69. The summed E-state index contributed by atoms with van der Waals surface area (Å²) in [7, 11) is 0. The fourth-order valence-corrected chi connectivity index (χ4v) is 2.49. The molecule has 1 amide bonds. The lowest BCUT2D eigenvalue weighted by molar-refractivity contribution is 0.0937. The highest BCUT2D eigenvalue weighted by molar-refractivity contribution is 9.09. The van der Waals surface area contributed by atoms with E-state index in [1.54, 1.807) is 11.3 Å². The molecule has 1 saturated carbocycles. The SMILES string of the molecule is O=C(NC1(CBr)CC1)c1ccsc1. The monoisotopic (exact) mass is 259 g/mol. The molecule has 0 aliphatic heterocycles. The molecule has 1 N–H and O–H groups in total. The molecule has 0 atom stereocenters. The van der Waals surface area contributed by atoms with Crippen molar-refractivity contribution in [3.63, 3.8) is 0 Å². The van der Waals surface area contributed by atoms with Gasteiger partial charge in [-0.1, -0.05) is 15.9 Å². The number of alkyl halides is 1. The van der Waals surface area contributed by atoms with Gasteiger partial charge in [-0.2, -0.15) is 11.3 Å². The van der Waals surface area contributed by atoms with E-state index < -0.39 is 0 Å². The summed E-state index contributed by atoms with van der Waals surface area (Å²) in [6.07, 6.45) is 2.18. The van der Waals surface area contributed by atoms with Gasteiger partial charge in [0.2, 0.25) is 0 Å². The lowest BCUT2D eigenvalue weighted by Gasteiger charge is -2.12. The van der Waals surface area contributed by atoms with Crippen molar-refractivity contribution in [2.45, 2.75) is 18.4 Å². The lowest BCUT2D eigenvalue weighted by Crippen LogP contribution is -2.37. The van der Waals surface area contributed by atoms with Crippen LogP contribution in [0.4, 0.5) is 0 Å². The minimum absolute atomic E-state index is 0.0539. The summed E-state index contributed by atoms with van der Waals surface area (Å²) in [5.41, 5.74) is 0.830. The molecule has 1 aliphatic rings. The van der Waals surface area contributed by atoms with Gasteiger partial charge in [-0.05, 0) is 24.3 Å². The zero-order chi connectivity index (χ0) is 9.31. The van der Waals surface area contributed by atoms with Crippen LogP contribution in [0, 0.1) is 0 Å². The molecular formula is C9H10BrNOS. The summed E-state index contributed by atoms with van der Waals surface area (Å²) >= 11 is 4.96. The molecule has 1 fully saturated rings. The number of rotatable bonds is 3. The molecule has 0 bridgehead atoms. The number of amides is 1. The molecule has 1 aliphatic carbocycles. The summed E-state index contributed by atoms with van der Waals surface area (Å²) in [6, 6.07) is 1.85. The molecule has 0 saturated heterocycles. The minimum atomic E-state index is 0.0539. The Kier molecular flexibility index (Phi) is 2.43. The van der Waals surface area contributed by atoms with E-state index in [-0.39, 0.29) is 11.4 Å². The molecule has 4 heteroatoms. The van der Waals surface area contributed by atoms with Gasteiger partial charge in [0.25, 0.3) is 5.91 Å². The molecule has 0 unspecified atom stereocenters. The summed E-state index contributed by atoms with van der Waals surface area (Å²) in [5, 5.41) is 7.69. The van der Waals surface area contributed by atoms with Crippen molar-refractivity contribution in [3.8, 4) is 0 Å². The number of carbonyl (C=O) groups is 1. The second kappa shape index (κ2) is 3.42. The largest absolute Gasteiger partial charge is 0.346 e. The van der Waals surface area contributed by atoms with Gasteiger partial charge in [0, 0.05) is 10.7 Å². The third kappa shape index (κ3) is 1.94. The Morgan fingerprint density at radius 2 is 2.46 bits per heavy atom. The Morgan fingerprint density at radius 3 is 2.92 bits per heavy atom. The van der Waals surface area contributed by atoms with E-state index >= 15 is 0 Å². The van der Waals surface area contributed by atoms with Crippen LogP contribution in [0.1, 0.15) is 23.2 Å². The maximum atomic E-state index is 11.6. The molecule has 0 radical (unpaired) electrons. The van der Waals surface area contributed by atoms with Crippen LogP contribution in [0.15, 0.2) is 16.8 Å². The highest BCUT2D eigenvalue weighted by Crippen LogP contribution is 2.37. The van der Waals surface area contributed by atoms with Gasteiger partial charge in [-0.3, -0.25) is 4.79 Å². The van der Waals surface area contributed by atoms with E-state index in [0.717, 1.165) is 23.7 Å². The Balaban J connectivity index is 2.00. The number of hydrogen-bond donors (Lipinski definition) is 1. The summed E-state index contributed by atoms with van der Waals surface area (Å²) in [4.78, 5) is 11.6. The first kappa shape index (κ1) is 9.21. The zero-order valence-electron chi connectivity index (χ0n) is 7.05. The minimum Gasteiger partial charge on any atom is -0.346 e. The van der Waals surface area contributed by atoms with Crippen molar-refractivity contribution in [3.05, 3.63) is 22.4 Å². The first-order chi connectivity index (χ1) is 6.26. The van der Waals surface area contributed by atoms with Crippen molar-refractivity contribution >= 4 is 33.2 Å². The average molecular weight is 260 g/mol. The molecule has 2 rings (SSSR count). The molecule has 1 heterocycles. The molecule has 13 heavy (non-hydrogen) atoms. The smallest absolute Gasteiger partial charge is 0.252 e. The van der Waals surface area contributed by atoms with Crippen molar-refractivity contribution in [2.24, 2.45) is 0 Å². The Morgan fingerprint density at radius 1 is 1.69 bits per heavy atom. The molecule has 0 spiro atoms. The van der Waals surface area contributed by atoms with Crippen LogP contribution in [-0.4, -0.2) is 16.8 Å². The van der Waals surface area contributed by atoms with Crippen LogP contribution >= 0.6 is 27.3 Å². The number of halogens is 1. The number of thiophene rings is 1. The van der Waals surface area contributed by atoms with Crippen LogP contribution in [-0.2, 0) is 0 Å². The predicted octanol–water partition coefficient (Wildman–Crippen LogP) is 2.41. The van der Waals surface area contributed by atoms with Crippen molar-refractivity contribution in [2.75, 3.05) is 5.33 Å². The highest BCUT2D eigenvalue weighted by atomic mass is 79.9. The normalized spacial score (nSPS) is 18.2. The Labute approximate surface area is 89.5 Å². The van der Waals surface area contributed by atoms with Crippen LogP contribution < -0.4 is 5.32 Å². The van der Waals surface area contributed by atoms with Gasteiger partial charge >= 0.3 is 0 Å². The summed E-state index contributed by atoms with van der Waals surface area (Å²) in [6.45, 7) is 0. The van der Waals surface area contributed by atoms with Gasteiger partial charge in [0.15, 0.2) is 0 Å². The first-order valence-corrected chi connectivity index (χ1v) is 6.23. The zero-order valence-corrected chi connectivity index (χ0v) is 9.45. The first-order valence-electron chi connectivity index (χ1n) is 4.16. The molecule has 2 nitrogen and oxygen atoms in total. The van der Waals surface area contributed by atoms with Crippen molar-refractivity contribution < 1.29 is 4.79 Å². The molecule has 1 aromatic heterocycles. The Hall–Kier alpha value is -0.350. The third-order valence-electron chi connectivity index (χ3n) is 2.27. The number of hydrogen-bond acceptors (Lipinski definition) is 2. The second-order valence-electron chi connectivity index (χ2n) is 3.38. The van der Waals surface area contributed by atoms with Gasteiger partial charge < -0.3 is 5.32 Å². The highest BCUT2D eigenvalue weighted by Gasteiger charge is 2.42. The van der Waals surface area contributed by atoms with E-state index in [1.807, 2.05) is 16.8 Å². The summed E-state index contributed by atoms with van der Waals surface area (Å²) in [5.74, 6) is 0.0539. The molecular weight excluding hydrogens is 250 g/mol. The standard InChI is InChI=1S/C9H10BrNOS/c10-6-9(2-3-9)11-8(12)7-1-4-13-5-7/h1,4-5H,2-3,6H2,(H,11,12). The molecule has 0 aromatic carbocycles. The Bertz CT molecular complexity index is 305. The molecule has 70 valence electrons. The number of nitrogens with one attached hydrogen (secondary N) is 1. The maximum absolute atomic E-state index is 11.6. The number of carbonyl (C=O) groups excluding carboxylic acids is 1. The van der Waals surface area contributed by atoms with Crippen LogP contribution in [0.3, 0.4) is 0 Å². The maximum Gasteiger partial charge on any atom is 0.252 e. The van der Waals surface area contributed by atoms with Crippen LogP contribution in [0.2, 0.25) is 0 Å². The van der Waals surface area contributed by atoms with Crippen LogP contribution in [0.5, 0.6) is 0 Å². The second-order valence-corrected chi connectivity index (χ2v) is 4.72. The van der Waals surface area contributed by atoms with Crippen molar-refractivity contribution in [1.29, 1.82) is 0 Å². The molecule has 1 aromatic rings. The predicted molar refractivity (Wildman–Crippen MR) is 57.5 cm³/mol. The van der Waals surface area contributed by atoms with Crippen molar-refractivity contribution in [1.82, 2.24) is 5.32 Å². The third-order valence-corrected chi connectivity index (χ3v) is 4.03. The van der Waals surface area contributed by atoms with E-state index in [9.17, 15) is 4.79 Å². The van der Waals surface area contributed by atoms with Crippen LogP contribution in [0.25, 0.3) is 0 Å². The van der Waals surface area contributed by atoms with Gasteiger partial charge in [-0.25, -0.2) is 0 Å². The summed E-state index contributed by atoms with van der Waals surface area (Å²) < 4.78 is 0. The lowest BCUT2D eigenvalue weighted by atomic mass is 10.2.